The molecule has 442 valence electrons. The molecular weight excluding hydrogens is 1100 g/mol. The fourth-order valence-corrected chi connectivity index (χ4v) is 14.4. The Kier molecular flexibility index (Phi) is 19.8. The van der Waals surface area contributed by atoms with Crippen LogP contribution < -0.4 is 26.9 Å². The zero-order valence-electron chi connectivity index (χ0n) is 50.6. The summed E-state index contributed by atoms with van der Waals surface area (Å²) in [6.07, 6.45) is 12.4. The van der Waals surface area contributed by atoms with Crippen molar-refractivity contribution in [3.05, 3.63) is 218 Å². The summed E-state index contributed by atoms with van der Waals surface area (Å²) in [4.78, 5) is 37.1. The van der Waals surface area contributed by atoms with Gasteiger partial charge in [-0.3, -0.25) is 24.4 Å². The van der Waals surface area contributed by atoms with Gasteiger partial charge in [-0.1, -0.05) is 86.0 Å². The van der Waals surface area contributed by atoms with Gasteiger partial charge in [0, 0.05) is 93.1 Å². The summed E-state index contributed by atoms with van der Waals surface area (Å²) in [5, 5.41) is 76.0. The van der Waals surface area contributed by atoms with Gasteiger partial charge in [0.2, 0.25) is 11.8 Å². The monoisotopic (exact) mass is 1180 g/mol. The Bertz CT molecular complexity index is 4120. The molecule has 2 aliphatic rings. The number of aliphatic imine (C=N–C) groups is 1. The number of hydrogen-bond donors (Lipinski definition) is 7. The lowest BCUT2D eigenvalue weighted by Gasteiger charge is -2.43. The van der Waals surface area contributed by atoms with E-state index in [4.69, 9.17) is 0 Å². The Hall–Kier alpha value is -8.61. The molecule has 7 N–H and O–H groups in total. The molecule has 0 saturated heterocycles. The van der Waals surface area contributed by atoms with Crippen LogP contribution in [0.4, 0.5) is 5.69 Å². The molecule has 0 unspecified atom stereocenters. The van der Waals surface area contributed by atoms with E-state index in [9.17, 15) is 40.2 Å². The first kappa shape index (κ1) is 62.9. The maximum absolute atomic E-state index is 12.7. The number of allylic oxidation sites excluding steroid dienone is 4. The number of hydrogen-bond acceptors (Lipinski definition) is 12. The van der Waals surface area contributed by atoms with Gasteiger partial charge in [0.05, 0.1) is 29.0 Å². The van der Waals surface area contributed by atoms with Crippen molar-refractivity contribution in [2.45, 2.75) is 64.7 Å². The maximum atomic E-state index is 12.7. The van der Waals surface area contributed by atoms with Crippen LogP contribution in [0, 0.1) is 29.6 Å². The molecule has 17 heteroatoms. The Morgan fingerprint density at radius 3 is 1.69 bits per heavy atom. The number of anilines is 1. The standard InChI is InChI=1S/C70H74B2N8O6S/c1-44(2)69(81)77-28-12-30-79(40-51-32-47(38-73)17-26-64(51)71(83)84)42-62-55-14-10-11-15-56(55)63(43-80(31-13-29-78-70(82)45(3)4)41-52-33-48(39-74)18-27-65(52)72(85)86)61-35-50(20-23-57(61)62)49-19-16-46(5)60(34-49)68-58-24-21-53(75-6)36-66(58)87(8,9)67-37-54(76-7)22-25-59(67)68/h10-11,14-27,32-37,75,83-86H,1,3,12-13,28-31,40-43H2,2,4-9H3,(H,77,81)(H,78,82). The van der Waals surface area contributed by atoms with Gasteiger partial charge >= 0.3 is 14.2 Å². The van der Waals surface area contributed by atoms with Crippen molar-refractivity contribution in [1.82, 2.24) is 20.4 Å². The number of fused-ring (bicyclic) bond motifs is 4. The molecule has 1 aliphatic carbocycles. The number of benzene rings is 7. The minimum Gasteiger partial charge on any atom is -0.423 e. The smallest absolute Gasteiger partial charge is 0.423 e. The highest BCUT2D eigenvalue weighted by Gasteiger charge is 2.36. The van der Waals surface area contributed by atoms with E-state index in [1.807, 2.05) is 26.2 Å². The van der Waals surface area contributed by atoms with Crippen LogP contribution in [-0.4, -0.2) is 114 Å². The van der Waals surface area contributed by atoms with E-state index >= 15 is 0 Å². The molecule has 1 heterocycles. The van der Waals surface area contributed by atoms with Crippen LogP contribution in [0.25, 0.3) is 38.2 Å². The van der Waals surface area contributed by atoms with Crippen LogP contribution in [0.2, 0.25) is 0 Å². The van der Waals surface area contributed by atoms with Crippen molar-refractivity contribution in [2.24, 2.45) is 4.99 Å². The van der Waals surface area contributed by atoms with E-state index < -0.39 is 24.3 Å². The summed E-state index contributed by atoms with van der Waals surface area (Å²) in [6.45, 7) is 16.0. The molecule has 87 heavy (non-hydrogen) atoms. The van der Waals surface area contributed by atoms with E-state index in [2.05, 4.69) is 160 Å². The minimum atomic E-state index is -1.80. The average Bonchev–Trinajstić information content (AvgIpc) is 0.769. The van der Waals surface area contributed by atoms with E-state index in [0.29, 0.717) is 85.5 Å². The molecule has 0 spiro atoms. The van der Waals surface area contributed by atoms with Crippen molar-refractivity contribution >= 4 is 85.5 Å². The molecule has 14 nitrogen and oxygen atoms in total. The first-order valence-corrected chi connectivity index (χ1v) is 31.5. The molecule has 0 radical (unpaired) electrons. The summed E-state index contributed by atoms with van der Waals surface area (Å²) in [5.74, 6) is -0.488. The number of carbonyl (C=O) groups excluding carboxylic acids is 2. The van der Waals surface area contributed by atoms with Crippen LogP contribution in [-0.2, 0) is 35.8 Å². The number of rotatable bonds is 23. The second kappa shape index (κ2) is 27.4. The Labute approximate surface area is 512 Å². The lowest BCUT2D eigenvalue weighted by molar-refractivity contribution is -0.118. The quantitative estimate of drug-likeness (QED) is 0.0139. The zero-order valence-corrected chi connectivity index (χ0v) is 51.4. The van der Waals surface area contributed by atoms with Crippen molar-refractivity contribution < 1.29 is 29.7 Å². The van der Waals surface area contributed by atoms with Gasteiger partial charge in [0.1, 0.15) is 0 Å². The highest BCUT2D eigenvalue weighted by atomic mass is 32.3. The van der Waals surface area contributed by atoms with Crippen LogP contribution in [0.5, 0.6) is 0 Å². The Morgan fingerprint density at radius 1 is 0.644 bits per heavy atom. The highest BCUT2D eigenvalue weighted by Crippen LogP contribution is 2.66. The van der Waals surface area contributed by atoms with Crippen LogP contribution >= 0.6 is 10.0 Å². The topological polar surface area (TPSA) is 218 Å². The molecule has 0 saturated carbocycles. The summed E-state index contributed by atoms with van der Waals surface area (Å²) < 4.78 is 0. The SMILES string of the molecule is C=C(C)C(=O)NCCCN(Cc1cc(C#N)ccc1B(O)O)Cc1c2ccccc2c(CN(CCCNC(=O)C(=C)C)Cc2cc(C#N)ccc2B(O)O)c2cc(-c3ccc(C)c(C4=C5C=CC(=NC)C=C5S(C)(C)c5cc(NC)ccc54)c3)ccc12. The Balaban J connectivity index is 1.26. The van der Waals surface area contributed by atoms with Gasteiger partial charge < -0.3 is 36.0 Å². The third-order valence-corrected chi connectivity index (χ3v) is 19.4. The van der Waals surface area contributed by atoms with Crippen molar-refractivity contribution in [3.8, 4) is 23.3 Å². The van der Waals surface area contributed by atoms with Crippen molar-refractivity contribution in [1.29, 1.82) is 10.5 Å². The first-order valence-electron chi connectivity index (χ1n) is 29.1. The highest BCUT2D eigenvalue weighted by molar-refractivity contribution is 8.36. The van der Waals surface area contributed by atoms with E-state index in [1.54, 1.807) is 50.2 Å². The van der Waals surface area contributed by atoms with Crippen molar-refractivity contribution in [3.63, 3.8) is 0 Å². The normalized spacial score (nSPS) is 14.1. The molecule has 0 fully saturated rings. The van der Waals surface area contributed by atoms with Crippen molar-refractivity contribution in [2.75, 3.05) is 58.1 Å². The van der Waals surface area contributed by atoms with Crippen LogP contribution in [0.3, 0.4) is 0 Å². The van der Waals surface area contributed by atoms with E-state index in [0.717, 1.165) is 71.9 Å². The third kappa shape index (κ3) is 13.8. The molecule has 7 aromatic carbocycles. The van der Waals surface area contributed by atoms with Gasteiger partial charge in [0.15, 0.2) is 0 Å². The van der Waals surface area contributed by atoms with E-state index in [1.165, 1.54) is 20.9 Å². The van der Waals surface area contributed by atoms with Gasteiger partial charge in [0.25, 0.3) is 0 Å². The van der Waals surface area contributed by atoms with Crippen LogP contribution in [0.1, 0.15) is 76.8 Å². The van der Waals surface area contributed by atoms with Gasteiger partial charge in [-0.05, 0) is 200 Å². The number of nitrogens with one attached hydrogen (secondary N) is 3. The molecule has 1 aliphatic heterocycles. The second-order valence-electron chi connectivity index (χ2n) is 22.9. The molecule has 7 aromatic rings. The molecule has 0 aromatic heterocycles. The summed E-state index contributed by atoms with van der Waals surface area (Å²) in [6, 6.07) is 42.4. The van der Waals surface area contributed by atoms with E-state index in [-0.39, 0.29) is 35.8 Å². The van der Waals surface area contributed by atoms with Crippen LogP contribution in [0.15, 0.2) is 178 Å². The molecule has 9 rings (SSSR count). The molecule has 2 amide bonds. The number of aryl methyl sites for hydroxylation is 1. The summed E-state index contributed by atoms with van der Waals surface area (Å²) >= 11 is 0. The summed E-state index contributed by atoms with van der Waals surface area (Å²) in [5.41, 5.74) is 15.0. The molecule has 0 bridgehead atoms. The number of nitrogens with zero attached hydrogens (tertiary/aromatic N) is 5. The van der Waals surface area contributed by atoms with Gasteiger partial charge in [-0.15, -0.1) is 0 Å². The van der Waals surface area contributed by atoms with Gasteiger partial charge in [-0.25, -0.2) is 0 Å². The van der Waals surface area contributed by atoms with Gasteiger partial charge in [-0.2, -0.15) is 20.6 Å². The minimum absolute atomic E-state index is 0.232. The second-order valence-corrected chi connectivity index (χ2v) is 26.4. The first-order chi connectivity index (χ1) is 41.7. The molecule has 0 atom stereocenters. The zero-order chi connectivity index (χ0) is 62.3. The number of amides is 2. The summed E-state index contributed by atoms with van der Waals surface area (Å²) in [7, 11) is -1.29. The maximum Gasteiger partial charge on any atom is 0.488 e. The molecular formula is C70H74B2N8O6S. The Morgan fingerprint density at radius 2 is 1.17 bits per heavy atom. The number of carbonyl (C=O) groups is 2. The predicted molar refractivity (Wildman–Crippen MR) is 357 cm³/mol. The predicted octanol–water partition coefficient (Wildman–Crippen LogP) is 9.05. The number of nitriles is 2. The lowest BCUT2D eigenvalue weighted by atomic mass is 9.76. The average molecular weight is 1180 g/mol. The lowest BCUT2D eigenvalue weighted by Crippen LogP contribution is -2.37. The fraction of sp³-hybridized carbons (Fsp3) is 0.243. The third-order valence-electron chi connectivity index (χ3n) is 16.5. The largest absolute Gasteiger partial charge is 0.488 e. The fourth-order valence-electron chi connectivity index (χ4n) is 11.9.